The molecule has 1 aromatic carbocycles. The lowest BCUT2D eigenvalue weighted by atomic mass is 10.0. The highest BCUT2D eigenvalue weighted by molar-refractivity contribution is 5.99. The van der Waals surface area contributed by atoms with E-state index < -0.39 is 0 Å². The van der Waals surface area contributed by atoms with Crippen LogP contribution in [0.2, 0.25) is 0 Å². The lowest BCUT2D eigenvalue weighted by molar-refractivity contribution is 0.0962. The van der Waals surface area contributed by atoms with Gasteiger partial charge in [0.25, 0.3) is 0 Å². The zero-order valence-electron chi connectivity index (χ0n) is 14.2. The first-order valence-electron chi connectivity index (χ1n) is 8.03. The molecule has 0 saturated heterocycles. The first kappa shape index (κ1) is 17.7. The van der Waals surface area contributed by atoms with Gasteiger partial charge in [-0.15, -0.1) is 0 Å². The van der Waals surface area contributed by atoms with Crippen molar-refractivity contribution in [2.45, 2.75) is 47.5 Å². The smallest absolute Gasteiger partial charge is 0.167 e. The van der Waals surface area contributed by atoms with Gasteiger partial charge in [-0.25, -0.2) is 0 Å². The molecule has 0 heterocycles. The van der Waals surface area contributed by atoms with Crippen molar-refractivity contribution in [2.75, 3.05) is 26.2 Å². The summed E-state index contributed by atoms with van der Waals surface area (Å²) in [6, 6.07) is 4.04. The van der Waals surface area contributed by atoms with Crippen molar-refractivity contribution in [1.29, 1.82) is 0 Å². The summed E-state index contributed by atoms with van der Waals surface area (Å²) in [6.07, 6.45) is 1.49. The maximum atomic E-state index is 12.6. The summed E-state index contributed by atoms with van der Waals surface area (Å²) in [7, 11) is 0. The van der Waals surface area contributed by atoms with Crippen molar-refractivity contribution in [3.63, 3.8) is 0 Å². The summed E-state index contributed by atoms with van der Waals surface area (Å²) < 4.78 is 5.82. The van der Waals surface area contributed by atoms with Gasteiger partial charge < -0.3 is 9.64 Å². The molecule has 1 aromatic rings. The molecule has 0 unspecified atom stereocenters. The molecule has 0 aromatic heterocycles. The molecule has 1 rings (SSSR count). The topological polar surface area (TPSA) is 29.5 Å². The van der Waals surface area contributed by atoms with Crippen molar-refractivity contribution in [1.82, 2.24) is 4.90 Å². The van der Waals surface area contributed by atoms with Crippen LogP contribution < -0.4 is 4.74 Å². The maximum absolute atomic E-state index is 12.6. The second kappa shape index (κ2) is 8.83. The third kappa shape index (κ3) is 5.16. The van der Waals surface area contributed by atoms with Crippen molar-refractivity contribution in [3.8, 4) is 5.75 Å². The molecule has 0 aliphatic heterocycles. The predicted molar refractivity (Wildman–Crippen MR) is 88.4 cm³/mol. The third-order valence-electron chi connectivity index (χ3n) is 3.72. The standard InChI is InChI=1S/C18H29NO2/c1-6-11-21-18-15(5)12-14(4)13-16(18)17(20)9-10-19(7-2)8-3/h12-13H,6-11H2,1-5H3. The predicted octanol–water partition coefficient (Wildman–Crippen LogP) is 4.01. The molecule has 0 aliphatic carbocycles. The molecular weight excluding hydrogens is 262 g/mol. The van der Waals surface area contributed by atoms with E-state index in [0.29, 0.717) is 13.0 Å². The van der Waals surface area contributed by atoms with Gasteiger partial charge in [-0.3, -0.25) is 4.79 Å². The number of ketones is 1. The molecule has 0 spiro atoms. The molecule has 0 saturated carbocycles. The summed E-state index contributed by atoms with van der Waals surface area (Å²) in [6.45, 7) is 13.8. The Labute approximate surface area is 129 Å². The van der Waals surface area contributed by atoms with Gasteiger partial charge in [0.2, 0.25) is 0 Å². The van der Waals surface area contributed by atoms with Crippen molar-refractivity contribution < 1.29 is 9.53 Å². The minimum absolute atomic E-state index is 0.180. The Kier molecular flexibility index (Phi) is 7.44. The largest absolute Gasteiger partial charge is 0.493 e. The van der Waals surface area contributed by atoms with E-state index in [-0.39, 0.29) is 5.78 Å². The van der Waals surface area contributed by atoms with Crippen LogP contribution in [0.5, 0.6) is 5.75 Å². The van der Waals surface area contributed by atoms with E-state index in [1.54, 1.807) is 0 Å². The SMILES string of the molecule is CCCOc1c(C)cc(C)cc1C(=O)CCN(CC)CC. The van der Waals surface area contributed by atoms with Gasteiger partial charge in [0, 0.05) is 13.0 Å². The monoisotopic (exact) mass is 291 g/mol. The van der Waals surface area contributed by atoms with Crippen LogP contribution in [0.15, 0.2) is 12.1 Å². The molecule has 0 atom stereocenters. The first-order chi connectivity index (χ1) is 10.0. The highest BCUT2D eigenvalue weighted by atomic mass is 16.5. The van der Waals surface area contributed by atoms with Gasteiger partial charge in [-0.05, 0) is 50.6 Å². The Morgan fingerprint density at radius 1 is 1.14 bits per heavy atom. The number of ether oxygens (including phenoxy) is 1. The van der Waals surface area contributed by atoms with Crippen LogP contribution in [0.4, 0.5) is 0 Å². The van der Waals surface area contributed by atoms with Crippen molar-refractivity contribution in [2.24, 2.45) is 0 Å². The fourth-order valence-electron chi connectivity index (χ4n) is 2.49. The lowest BCUT2D eigenvalue weighted by Crippen LogP contribution is -2.26. The molecule has 0 N–H and O–H groups in total. The van der Waals surface area contributed by atoms with Crippen LogP contribution >= 0.6 is 0 Å². The van der Waals surface area contributed by atoms with E-state index >= 15 is 0 Å². The van der Waals surface area contributed by atoms with Crippen molar-refractivity contribution in [3.05, 3.63) is 28.8 Å². The average Bonchev–Trinajstić information content (AvgIpc) is 2.46. The fourth-order valence-corrected chi connectivity index (χ4v) is 2.49. The molecule has 0 aliphatic rings. The number of nitrogens with zero attached hydrogens (tertiary/aromatic N) is 1. The Hall–Kier alpha value is -1.35. The van der Waals surface area contributed by atoms with Gasteiger partial charge in [-0.1, -0.05) is 26.8 Å². The Morgan fingerprint density at radius 3 is 2.38 bits per heavy atom. The Balaban J connectivity index is 2.90. The molecule has 118 valence electrons. The van der Waals surface area contributed by atoms with Gasteiger partial charge in [0.15, 0.2) is 5.78 Å². The Bertz CT molecular complexity index is 465. The number of Topliss-reactive ketones (excluding diaryl/α,β-unsaturated/α-hetero) is 1. The van der Waals surface area contributed by atoms with Crippen LogP contribution in [-0.2, 0) is 0 Å². The zero-order chi connectivity index (χ0) is 15.8. The number of hydrogen-bond acceptors (Lipinski definition) is 3. The van der Waals surface area contributed by atoms with Gasteiger partial charge in [0.1, 0.15) is 5.75 Å². The maximum Gasteiger partial charge on any atom is 0.167 e. The van der Waals surface area contributed by atoms with Crippen LogP contribution in [-0.4, -0.2) is 36.9 Å². The summed E-state index contributed by atoms with van der Waals surface area (Å²) >= 11 is 0. The van der Waals surface area contributed by atoms with Crippen LogP contribution in [0, 0.1) is 13.8 Å². The zero-order valence-corrected chi connectivity index (χ0v) is 14.2. The summed E-state index contributed by atoms with van der Waals surface area (Å²) in [5, 5.41) is 0. The second-order valence-corrected chi connectivity index (χ2v) is 5.51. The van der Waals surface area contributed by atoms with E-state index in [1.807, 2.05) is 19.9 Å². The minimum Gasteiger partial charge on any atom is -0.493 e. The number of rotatable bonds is 9. The quantitative estimate of drug-likeness (QED) is 0.644. The van der Waals surface area contributed by atoms with Crippen LogP contribution in [0.1, 0.15) is 55.1 Å². The first-order valence-corrected chi connectivity index (χ1v) is 8.03. The van der Waals surface area contributed by atoms with E-state index in [4.69, 9.17) is 4.74 Å². The molecular formula is C18H29NO2. The highest BCUT2D eigenvalue weighted by Crippen LogP contribution is 2.27. The lowest BCUT2D eigenvalue weighted by Gasteiger charge is -2.18. The number of hydrogen-bond donors (Lipinski definition) is 0. The fraction of sp³-hybridized carbons (Fsp3) is 0.611. The minimum atomic E-state index is 0.180. The van der Waals surface area contributed by atoms with Gasteiger partial charge >= 0.3 is 0 Å². The van der Waals surface area contributed by atoms with E-state index in [1.165, 1.54) is 0 Å². The highest BCUT2D eigenvalue weighted by Gasteiger charge is 2.16. The summed E-state index contributed by atoms with van der Waals surface area (Å²) in [5.41, 5.74) is 2.91. The average molecular weight is 291 g/mol. The van der Waals surface area contributed by atoms with E-state index in [2.05, 4.69) is 31.7 Å². The van der Waals surface area contributed by atoms with Crippen LogP contribution in [0.25, 0.3) is 0 Å². The second-order valence-electron chi connectivity index (χ2n) is 5.51. The summed E-state index contributed by atoms with van der Waals surface area (Å²) in [5.74, 6) is 0.951. The van der Waals surface area contributed by atoms with Crippen LogP contribution in [0.3, 0.4) is 0 Å². The molecule has 0 amide bonds. The molecule has 3 nitrogen and oxygen atoms in total. The van der Waals surface area contributed by atoms with E-state index in [9.17, 15) is 4.79 Å². The van der Waals surface area contributed by atoms with Crippen molar-refractivity contribution >= 4 is 5.78 Å². The Morgan fingerprint density at radius 2 is 1.81 bits per heavy atom. The number of carbonyl (C=O) groups excluding carboxylic acids is 1. The normalized spacial score (nSPS) is 11.0. The van der Waals surface area contributed by atoms with Gasteiger partial charge in [0.05, 0.1) is 12.2 Å². The number of aryl methyl sites for hydroxylation is 2. The molecule has 0 radical (unpaired) electrons. The van der Waals surface area contributed by atoms with Gasteiger partial charge in [-0.2, -0.15) is 0 Å². The van der Waals surface area contributed by atoms with E-state index in [0.717, 1.165) is 48.5 Å². The third-order valence-corrected chi connectivity index (χ3v) is 3.72. The number of carbonyl (C=O) groups is 1. The molecule has 3 heteroatoms. The number of benzene rings is 1. The summed E-state index contributed by atoms with van der Waals surface area (Å²) in [4.78, 5) is 14.8. The molecule has 21 heavy (non-hydrogen) atoms. The molecule has 0 bridgehead atoms. The molecule has 0 fully saturated rings.